The molecule has 0 saturated heterocycles. The second kappa shape index (κ2) is 8.35. The molecule has 0 radical (unpaired) electrons. The number of guanidine groups is 1. The molecule has 6 nitrogen and oxygen atoms in total. The van der Waals surface area contributed by atoms with Crippen molar-refractivity contribution in [3.63, 3.8) is 0 Å². The van der Waals surface area contributed by atoms with Gasteiger partial charge >= 0.3 is 0 Å². The third kappa shape index (κ3) is 4.61. The minimum atomic E-state index is 0.0267. The first-order valence-corrected chi connectivity index (χ1v) is 8.52. The highest BCUT2D eigenvalue weighted by atomic mass is 35.5. The van der Waals surface area contributed by atoms with Gasteiger partial charge in [0.2, 0.25) is 0 Å². The number of rotatable bonds is 5. The Bertz CT molecular complexity index is 725. The summed E-state index contributed by atoms with van der Waals surface area (Å²) in [6, 6.07) is 5.63. The Balaban J connectivity index is 2.10. The van der Waals surface area contributed by atoms with Crippen molar-refractivity contribution in [2.45, 2.75) is 33.4 Å². The van der Waals surface area contributed by atoms with Gasteiger partial charge in [-0.15, -0.1) is 10.2 Å². The van der Waals surface area contributed by atoms with Gasteiger partial charge in [-0.05, 0) is 38.5 Å². The van der Waals surface area contributed by atoms with Gasteiger partial charge in [0.1, 0.15) is 12.4 Å². The fraction of sp³-hybridized carbons (Fsp3) is 0.438. The Labute approximate surface area is 152 Å². The van der Waals surface area contributed by atoms with Crippen LogP contribution in [0.4, 0.5) is 0 Å². The molecule has 0 fully saturated rings. The summed E-state index contributed by atoms with van der Waals surface area (Å²) in [6.45, 7) is 7.18. The van der Waals surface area contributed by atoms with Crippen LogP contribution >= 0.6 is 23.2 Å². The molecule has 0 aliphatic carbocycles. The van der Waals surface area contributed by atoms with Gasteiger partial charge < -0.3 is 15.2 Å². The van der Waals surface area contributed by atoms with Crippen molar-refractivity contribution in [1.29, 1.82) is 0 Å². The minimum absolute atomic E-state index is 0.0267. The smallest absolute Gasteiger partial charge is 0.192 e. The molecule has 130 valence electrons. The Morgan fingerprint density at radius 2 is 2.04 bits per heavy atom. The molecule has 2 rings (SSSR count). The van der Waals surface area contributed by atoms with Crippen LogP contribution < -0.4 is 10.6 Å². The Hall–Kier alpha value is -1.79. The number of aromatic nitrogens is 3. The molecular formula is C16H22Cl2N6. The lowest BCUT2D eigenvalue weighted by atomic mass is 10.1. The number of hydrogen-bond donors (Lipinski definition) is 2. The van der Waals surface area contributed by atoms with Crippen molar-refractivity contribution in [2.24, 2.45) is 12.0 Å². The second-order valence-corrected chi connectivity index (χ2v) is 6.27. The van der Waals surface area contributed by atoms with E-state index in [9.17, 15) is 0 Å². The number of nitrogens with zero attached hydrogens (tertiary/aromatic N) is 4. The molecular weight excluding hydrogens is 347 g/mol. The van der Waals surface area contributed by atoms with Gasteiger partial charge in [0.25, 0.3) is 0 Å². The third-order valence-electron chi connectivity index (χ3n) is 3.70. The van der Waals surface area contributed by atoms with Crippen molar-refractivity contribution in [1.82, 2.24) is 25.4 Å². The Morgan fingerprint density at radius 3 is 2.62 bits per heavy atom. The third-order valence-corrected chi connectivity index (χ3v) is 4.44. The molecule has 2 aromatic rings. The van der Waals surface area contributed by atoms with Gasteiger partial charge in [0.05, 0.1) is 16.1 Å². The largest absolute Gasteiger partial charge is 0.357 e. The fourth-order valence-corrected chi connectivity index (χ4v) is 2.44. The lowest BCUT2D eigenvalue weighted by Crippen LogP contribution is -2.38. The molecule has 1 aromatic heterocycles. The zero-order chi connectivity index (χ0) is 17.7. The van der Waals surface area contributed by atoms with Crippen molar-refractivity contribution in [2.75, 3.05) is 6.54 Å². The summed E-state index contributed by atoms with van der Waals surface area (Å²) in [5, 5.41) is 15.8. The normalized spacial score (nSPS) is 13.0. The highest BCUT2D eigenvalue weighted by Gasteiger charge is 2.10. The zero-order valence-electron chi connectivity index (χ0n) is 14.3. The lowest BCUT2D eigenvalue weighted by Gasteiger charge is -2.18. The van der Waals surface area contributed by atoms with Crippen molar-refractivity contribution < 1.29 is 0 Å². The van der Waals surface area contributed by atoms with E-state index in [1.165, 1.54) is 0 Å². The standard InChI is InChI=1S/C16H22Cl2N6/c1-5-19-16(20-9-15-23-22-11(3)24(15)4)21-10(2)12-6-7-13(17)14(18)8-12/h6-8,10H,5,9H2,1-4H3,(H2,19,20,21). The monoisotopic (exact) mass is 368 g/mol. The van der Waals surface area contributed by atoms with E-state index in [4.69, 9.17) is 23.2 Å². The number of hydrogen-bond acceptors (Lipinski definition) is 3. The zero-order valence-corrected chi connectivity index (χ0v) is 15.8. The van der Waals surface area contributed by atoms with E-state index in [1.807, 2.05) is 44.5 Å². The molecule has 0 saturated carbocycles. The van der Waals surface area contributed by atoms with Gasteiger partial charge in [-0.1, -0.05) is 29.3 Å². The number of nitrogens with one attached hydrogen (secondary N) is 2. The highest BCUT2D eigenvalue weighted by molar-refractivity contribution is 6.42. The van der Waals surface area contributed by atoms with Gasteiger partial charge in [0.15, 0.2) is 11.8 Å². The molecule has 1 unspecified atom stereocenters. The van der Waals surface area contributed by atoms with E-state index in [0.717, 1.165) is 23.8 Å². The van der Waals surface area contributed by atoms with E-state index >= 15 is 0 Å². The van der Waals surface area contributed by atoms with Crippen molar-refractivity contribution in [3.8, 4) is 0 Å². The van der Waals surface area contributed by atoms with E-state index in [2.05, 4.69) is 25.8 Å². The molecule has 8 heteroatoms. The van der Waals surface area contributed by atoms with E-state index in [-0.39, 0.29) is 6.04 Å². The molecule has 2 N–H and O–H groups in total. The average molecular weight is 369 g/mol. The highest BCUT2D eigenvalue weighted by Crippen LogP contribution is 2.25. The van der Waals surface area contributed by atoms with Crippen molar-refractivity contribution >= 4 is 29.2 Å². The molecule has 1 aromatic carbocycles. The Morgan fingerprint density at radius 1 is 1.29 bits per heavy atom. The van der Waals surface area contributed by atoms with Gasteiger partial charge in [-0.2, -0.15) is 0 Å². The molecule has 0 bridgehead atoms. The van der Waals surface area contributed by atoms with Crippen molar-refractivity contribution in [3.05, 3.63) is 45.5 Å². The topological polar surface area (TPSA) is 67.1 Å². The number of aryl methyl sites for hydroxylation is 1. The summed E-state index contributed by atoms with van der Waals surface area (Å²) in [6.07, 6.45) is 0. The lowest BCUT2D eigenvalue weighted by molar-refractivity contribution is 0.681. The predicted molar refractivity (Wildman–Crippen MR) is 98.6 cm³/mol. The van der Waals surface area contributed by atoms with E-state index < -0.39 is 0 Å². The number of benzene rings is 1. The summed E-state index contributed by atoms with van der Waals surface area (Å²) in [4.78, 5) is 4.58. The van der Waals surface area contributed by atoms with Crippen LogP contribution in [0.3, 0.4) is 0 Å². The first kappa shape index (κ1) is 18.5. The van der Waals surface area contributed by atoms with Crippen LogP contribution in [0.2, 0.25) is 10.0 Å². The minimum Gasteiger partial charge on any atom is -0.357 e. The maximum Gasteiger partial charge on any atom is 0.192 e. The predicted octanol–water partition coefficient (Wildman–Crippen LogP) is 3.25. The number of halogens is 2. The Kier molecular flexibility index (Phi) is 6.45. The first-order chi connectivity index (χ1) is 11.4. The number of aliphatic imine (C=N–C) groups is 1. The van der Waals surface area contributed by atoms with E-state index in [0.29, 0.717) is 22.5 Å². The van der Waals surface area contributed by atoms with E-state index in [1.54, 1.807) is 6.07 Å². The summed E-state index contributed by atoms with van der Waals surface area (Å²) >= 11 is 12.1. The van der Waals surface area contributed by atoms with Crippen LogP contribution in [-0.4, -0.2) is 27.3 Å². The van der Waals surface area contributed by atoms with Gasteiger partial charge in [-0.3, -0.25) is 0 Å². The van der Waals surface area contributed by atoms with Crippen LogP contribution in [0.5, 0.6) is 0 Å². The average Bonchev–Trinajstić information content (AvgIpc) is 2.87. The van der Waals surface area contributed by atoms with Crippen LogP contribution in [0.25, 0.3) is 0 Å². The quantitative estimate of drug-likeness (QED) is 0.627. The summed E-state index contributed by atoms with van der Waals surface area (Å²) in [7, 11) is 1.93. The molecule has 1 atom stereocenters. The molecule has 0 aliphatic heterocycles. The van der Waals surface area contributed by atoms with Crippen LogP contribution in [0, 0.1) is 6.92 Å². The van der Waals surface area contributed by atoms with Gasteiger partial charge in [0, 0.05) is 13.6 Å². The first-order valence-electron chi connectivity index (χ1n) is 7.77. The molecule has 0 spiro atoms. The van der Waals surface area contributed by atoms with Crippen LogP contribution in [0.1, 0.15) is 37.1 Å². The molecule has 24 heavy (non-hydrogen) atoms. The maximum atomic E-state index is 6.09. The van der Waals surface area contributed by atoms with Crippen LogP contribution in [-0.2, 0) is 13.6 Å². The maximum absolute atomic E-state index is 6.09. The summed E-state index contributed by atoms with van der Waals surface area (Å²) < 4.78 is 1.93. The van der Waals surface area contributed by atoms with Crippen LogP contribution in [0.15, 0.2) is 23.2 Å². The fourth-order valence-electron chi connectivity index (χ4n) is 2.13. The molecule has 0 amide bonds. The molecule has 1 heterocycles. The SMILES string of the molecule is CCNC(=NCc1nnc(C)n1C)NC(C)c1ccc(Cl)c(Cl)c1. The van der Waals surface area contributed by atoms with Gasteiger partial charge in [-0.25, -0.2) is 4.99 Å². The summed E-state index contributed by atoms with van der Waals surface area (Å²) in [5.74, 6) is 2.38. The second-order valence-electron chi connectivity index (χ2n) is 5.46. The summed E-state index contributed by atoms with van der Waals surface area (Å²) in [5.41, 5.74) is 1.03. The molecule has 0 aliphatic rings.